The average Bonchev–Trinajstić information content (AvgIpc) is 1.68. The molecule has 0 radical (unpaired) electrons. The van der Waals surface area contributed by atoms with Crippen molar-refractivity contribution < 1.29 is 19.4 Å². The summed E-state index contributed by atoms with van der Waals surface area (Å²) in [6, 6.07) is 0. The minimum Gasteiger partial charge on any atom is -0.290 e. The third kappa shape index (κ3) is 2.92. The van der Waals surface area contributed by atoms with E-state index >= 15 is 0 Å². The van der Waals surface area contributed by atoms with Gasteiger partial charge in [0.2, 0.25) is 6.29 Å². The molecule has 0 aromatic carbocycles. The Morgan fingerprint density at radius 2 is 2.29 bits per heavy atom. The molecule has 0 amide bonds. The first-order valence-corrected chi connectivity index (χ1v) is 1.51. The second kappa shape index (κ2) is 3.30. The molecule has 0 aliphatic heterocycles. The van der Waals surface area contributed by atoms with E-state index in [9.17, 15) is 9.59 Å². The highest BCUT2D eigenvalue weighted by atomic mass is 17.2. The molecule has 4 nitrogen and oxygen atoms in total. The standard InChI is InChI=1S/C3H4O4/c1-6-7-3(5)2-4/h2H,1H3. The molecule has 0 aliphatic rings. The van der Waals surface area contributed by atoms with Crippen LogP contribution in [0.15, 0.2) is 0 Å². The van der Waals surface area contributed by atoms with Crippen LogP contribution < -0.4 is 0 Å². The topological polar surface area (TPSA) is 52.6 Å². The predicted octanol–water partition coefficient (Wildman–Crippen LogP) is -0.710. The molecular weight excluding hydrogens is 100 g/mol. The van der Waals surface area contributed by atoms with Gasteiger partial charge in [-0.2, -0.15) is 4.89 Å². The maximum absolute atomic E-state index is 9.70. The summed E-state index contributed by atoms with van der Waals surface area (Å²) >= 11 is 0. The second-order valence-corrected chi connectivity index (χ2v) is 0.687. The van der Waals surface area contributed by atoms with Crippen molar-refractivity contribution in [1.82, 2.24) is 0 Å². The summed E-state index contributed by atoms with van der Waals surface area (Å²) in [7, 11) is 1.14. The van der Waals surface area contributed by atoms with E-state index in [-0.39, 0.29) is 6.29 Å². The molecule has 0 spiro atoms. The van der Waals surface area contributed by atoms with E-state index in [2.05, 4.69) is 9.78 Å². The summed E-state index contributed by atoms with van der Waals surface area (Å²) in [4.78, 5) is 26.5. The molecule has 40 valence electrons. The van der Waals surface area contributed by atoms with E-state index in [1.165, 1.54) is 0 Å². The monoisotopic (exact) mass is 104 g/mol. The Morgan fingerprint density at radius 3 is 2.43 bits per heavy atom. The van der Waals surface area contributed by atoms with Gasteiger partial charge in [-0.1, -0.05) is 0 Å². The van der Waals surface area contributed by atoms with Gasteiger partial charge in [0.1, 0.15) is 0 Å². The quantitative estimate of drug-likeness (QED) is 0.201. The summed E-state index contributed by atoms with van der Waals surface area (Å²) in [6.45, 7) is 0. The fraction of sp³-hybridized carbons (Fsp3) is 0.333. The fourth-order valence-electron chi connectivity index (χ4n) is 0.102. The minimum absolute atomic E-state index is 0.0174. The highest BCUT2D eigenvalue weighted by molar-refractivity contribution is 6.20. The highest BCUT2D eigenvalue weighted by Gasteiger charge is 1.94. The summed E-state index contributed by atoms with van der Waals surface area (Å²) in [5.74, 6) is -1.03. The van der Waals surface area contributed by atoms with Crippen LogP contribution in [0.1, 0.15) is 0 Å². The molecule has 0 saturated carbocycles. The molecule has 0 saturated heterocycles. The van der Waals surface area contributed by atoms with Crippen molar-refractivity contribution in [2.24, 2.45) is 0 Å². The molecule has 0 aromatic heterocycles. The molecule has 0 aromatic rings. The summed E-state index contributed by atoms with van der Waals surface area (Å²) in [5.41, 5.74) is 0. The fourth-order valence-corrected chi connectivity index (χ4v) is 0.102. The molecule has 0 aliphatic carbocycles. The Kier molecular flexibility index (Phi) is 2.87. The summed E-state index contributed by atoms with van der Waals surface area (Å²) in [5, 5.41) is 0. The maximum atomic E-state index is 9.70. The van der Waals surface area contributed by atoms with Gasteiger partial charge < -0.3 is 0 Å². The van der Waals surface area contributed by atoms with Gasteiger partial charge in [0.25, 0.3) is 0 Å². The zero-order valence-corrected chi connectivity index (χ0v) is 3.71. The van der Waals surface area contributed by atoms with Crippen molar-refractivity contribution in [2.75, 3.05) is 7.11 Å². The first-order valence-electron chi connectivity index (χ1n) is 1.51. The van der Waals surface area contributed by atoms with Crippen LogP contribution >= 0.6 is 0 Å². The zero-order valence-electron chi connectivity index (χ0n) is 3.71. The van der Waals surface area contributed by atoms with Gasteiger partial charge in [-0.15, -0.1) is 0 Å². The van der Waals surface area contributed by atoms with E-state index in [0.717, 1.165) is 7.11 Å². The zero-order chi connectivity index (χ0) is 5.70. The lowest BCUT2D eigenvalue weighted by atomic mass is 10.8. The van der Waals surface area contributed by atoms with Crippen LogP contribution in [0.25, 0.3) is 0 Å². The number of hydrogen-bond donors (Lipinski definition) is 0. The van der Waals surface area contributed by atoms with Gasteiger partial charge in [0.05, 0.1) is 7.11 Å². The van der Waals surface area contributed by atoms with Crippen molar-refractivity contribution in [3.63, 3.8) is 0 Å². The van der Waals surface area contributed by atoms with Gasteiger partial charge >= 0.3 is 5.97 Å². The maximum Gasteiger partial charge on any atom is 0.405 e. The van der Waals surface area contributed by atoms with E-state index in [0.29, 0.717) is 0 Å². The van der Waals surface area contributed by atoms with Crippen molar-refractivity contribution in [1.29, 1.82) is 0 Å². The molecule has 0 fully saturated rings. The molecule has 7 heavy (non-hydrogen) atoms. The largest absolute Gasteiger partial charge is 0.405 e. The lowest BCUT2D eigenvalue weighted by Crippen LogP contribution is -2.02. The van der Waals surface area contributed by atoms with Crippen LogP contribution in [0.5, 0.6) is 0 Å². The van der Waals surface area contributed by atoms with Crippen LogP contribution in [-0.4, -0.2) is 19.4 Å². The predicted molar refractivity (Wildman–Crippen MR) is 19.2 cm³/mol. The molecule has 0 heterocycles. The van der Waals surface area contributed by atoms with Crippen molar-refractivity contribution in [3.8, 4) is 0 Å². The van der Waals surface area contributed by atoms with E-state index in [1.807, 2.05) is 0 Å². The van der Waals surface area contributed by atoms with Gasteiger partial charge in [0.15, 0.2) is 0 Å². The Bertz CT molecular complexity index is 77.0. The number of carbonyl (C=O) groups is 2. The third-order valence-electron chi connectivity index (χ3n) is 0.262. The lowest BCUT2D eigenvalue weighted by molar-refractivity contribution is -0.250. The second-order valence-electron chi connectivity index (χ2n) is 0.687. The number of hydrogen-bond acceptors (Lipinski definition) is 4. The van der Waals surface area contributed by atoms with Crippen LogP contribution in [0.2, 0.25) is 0 Å². The first kappa shape index (κ1) is 6.10. The molecule has 0 unspecified atom stereocenters. The molecule has 0 atom stereocenters. The van der Waals surface area contributed by atoms with Crippen LogP contribution in [-0.2, 0) is 19.4 Å². The molecular formula is C3H4O4. The Balaban J connectivity index is 3.17. The molecule has 0 N–H and O–H groups in total. The third-order valence-corrected chi connectivity index (χ3v) is 0.262. The minimum atomic E-state index is -1.03. The normalized spacial score (nSPS) is 7.57. The van der Waals surface area contributed by atoms with Gasteiger partial charge in [0, 0.05) is 0 Å². The molecule has 0 rings (SSSR count). The van der Waals surface area contributed by atoms with Gasteiger partial charge in [-0.05, 0) is 0 Å². The number of carbonyl (C=O) groups excluding carboxylic acids is 2. The Labute approximate surface area is 39.9 Å². The highest BCUT2D eigenvalue weighted by Crippen LogP contribution is 1.68. The van der Waals surface area contributed by atoms with E-state index in [1.54, 1.807) is 0 Å². The number of aldehydes is 1. The number of rotatable bonds is 2. The SMILES string of the molecule is COOC(=O)C=O. The van der Waals surface area contributed by atoms with Gasteiger partial charge in [-0.25, -0.2) is 4.79 Å². The summed E-state index contributed by atoms with van der Waals surface area (Å²) in [6.07, 6.45) is 0.0174. The first-order chi connectivity index (χ1) is 3.31. The Morgan fingerprint density at radius 1 is 1.71 bits per heavy atom. The van der Waals surface area contributed by atoms with Gasteiger partial charge in [-0.3, -0.25) is 9.68 Å². The smallest absolute Gasteiger partial charge is 0.290 e. The van der Waals surface area contributed by atoms with Crippen molar-refractivity contribution in [3.05, 3.63) is 0 Å². The molecule has 4 heteroatoms. The van der Waals surface area contributed by atoms with Crippen molar-refractivity contribution in [2.45, 2.75) is 0 Å². The van der Waals surface area contributed by atoms with Crippen molar-refractivity contribution >= 4 is 12.3 Å². The molecule has 0 bridgehead atoms. The Hall–Kier alpha value is -0.900. The van der Waals surface area contributed by atoms with E-state index < -0.39 is 5.97 Å². The van der Waals surface area contributed by atoms with E-state index in [4.69, 9.17) is 0 Å². The average molecular weight is 104 g/mol. The lowest BCUT2D eigenvalue weighted by Gasteiger charge is -1.86. The van der Waals surface area contributed by atoms with Crippen LogP contribution in [0, 0.1) is 0 Å². The summed E-state index contributed by atoms with van der Waals surface area (Å²) < 4.78 is 0. The van der Waals surface area contributed by atoms with Crippen LogP contribution in [0.3, 0.4) is 0 Å². The van der Waals surface area contributed by atoms with Crippen LogP contribution in [0.4, 0.5) is 0 Å².